The fraction of sp³-hybridized carbons (Fsp3) is 0.667. The number of carbonyl (C=O) groups is 1. The highest BCUT2D eigenvalue weighted by Crippen LogP contribution is 2.30. The van der Waals surface area contributed by atoms with Crippen molar-refractivity contribution in [2.24, 2.45) is 0 Å². The van der Waals surface area contributed by atoms with Crippen molar-refractivity contribution in [2.45, 2.75) is 65.6 Å². The number of allylic oxidation sites excluding steroid dienone is 3. The van der Waals surface area contributed by atoms with Crippen LogP contribution in [0.15, 0.2) is 23.3 Å². The SMILES string of the molecule is C/C=C(\C)CC/C=C(/C)C1CC(=O)C(C)(C)O1. The summed E-state index contributed by atoms with van der Waals surface area (Å²) >= 11 is 0. The molecule has 0 amide bonds. The molecule has 0 radical (unpaired) electrons. The maximum atomic E-state index is 11.7. The molecule has 2 heteroatoms. The number of ketones is 1. The van der Waals surface area contributed by atoms with Gasteiger partial charge in [0.2, 0.25) is 0 Å². The lowest BCUT2D eigenvalue weighted by atomic mass is 10.0. The topological polar surface area (TPSA) is 26.3 Å². The molecular formula is C15H24O2. The van der Waals surface area contributed by atoms with Crippen molar-refractivity contribution in [1.82, 2.24) is 0 Å². The van der Waals surface area contributed by atoms with Crippen molar-refractivity contribution in [2.75, 3.05) is 0 Å². The average molecular weight is 236 g/mol. The van der Waals surface area contributed by atoms with Gasteiger partial charge < -0.3 is 4.74 Å². The summed E-state index contributed by atoms with van der Waals surface area (Å²) in [6.45, 7) is 9.97. The van der Waals surface area contributed by atoms with E-state index in [1.165, 1.54) is 11.1 Å². The lowest BCUT2D eigenvalue weighted by molar-refractivity contribution is -0.129. The zero-order chi connectivity index (χ0) is 13.1. The number of rotatable bonds is 4. The minimum atomic E-state index is -0.598. The molecule has 0 aromatic heterocycles. The smallest absolute Gasteiger partial charge is 0.167 e. The number of Topliss-reactive ketones (excluding diaryl/α,β-unsaturated/α-hetero) is 1. The van der Waals surface area contributed by atoms with Gasteiger partial charge in [-0.1, -0.05) is 17.7 Å². The number of hydrogen-bond acceptors (Lipinski definition) is 2. The van der Waals surface area contributed by atoms with Crippen LogP contribution in [0, 0.1) is 0 Å². The standard InChI is InChI=1S/C15H24O2/c1-6-11(2)8-7-9-12(3)13-10-14(16)15(4,5)17-13/h6,9,13H,7-8,10H2,1-5H3/b11-6+,12-9-. The molecule has 1 aliphatic heterocycles. The highest BCUT2D eigenvalue weighted by Gasteiger charge is 2.40. The monoisotopic (exact) mass is 236 g/mol. The van der Waals surface area contributed by atoms with E-state index < -0.39 is 5.60 Å². The molecule has 96 valence electrons. The highest BCUT2D eigenvalue weighted by molar-refractivity contribution is 5.89. The van der Waals surface area contributed by atoms with Crippen molar-refractivity contribution >= 4 is 5.78 Å². The quantitative estimate of drug-likeness (QED) is 0.694. The molecule has 1 unspecified atom stereocenters. The van der Waals surface area contributed by atoms with Gasteiger partial charge in [0.25, 0.3) is 0 Å². The Balaban J connectivity index is 2.52. The van der Waals surface area contributed by atoms with Gasteiger partial charge in [0, 0.05) is 6.42 Å². The molecule has 1 atom stereocenters. The van der Waals surface area contributed by atoms with Crippen molar-refractivity contribution < 1.29 is 9.53 Å². The van der Waals surface area contributed by atoms with Crippen molar-refractivity contribution in [1.29, 1.82) is 0 Å². The van der Waals surface area contributed by atoms with Gasteiger partial charge in [0.05, 0.1) is 6.10 Å². The van der Waals surface area contributed by atoms with Crippen LogP contribution in [0.3, 0.4) is 0 Å². The molecular weight excluding hydrogens is 212 g/mol. The van der Waals surface area contributed by atoms with Crippen LogP contribution in [0.25, 0.3) is 0 Å². The number of carbonyl (C=O) groups excluding carboxylic acids is 1. The fourth-order valence-electron chi connectivity index (χ4n) is 1.93. The fourth-order valence-corrected chi connectivity index (χ4v) is 1.93. The molecule has 1 aliphatic rings. The van der Waals surface area contributed by atoms with Crippen LogP contribution in [0.5, 0.6) is 0 Å². The molecule has 1 rings (SSSR count). The summed E-state index contributed by atoms with van der Waals surface area (Å²) in [7, 11) is 0. The molecule has 1 fully saturated rings. The Morgan fingerprint density at radius 2 is 2.12 bits per heavy atom. The summed E-state index contributed by atoms with van der Waals surface area (Å²) in [5.74, 6) is 0.208. The molecule has 0 saturated carbocycles. The maximum Gasteiger partial charge on any atom is 0.167 e. The van der Waals surface area contributed by atoms with Gasteiger partial charge in [-0.25, -0.2) is 0 Å². The highest BCUT2D eigenvalue weighted by atomic mass is 16.5. The predicted molar refractivity (Wildman–Crippen MR) is 71.0 cm³/mol. The summed E-state index contributed by atoms with van der Waals surface area (Å²) in [5.41, 5.74) is 1.99. The lowest BCUT2D eigenvalue weighted by Crippen LogP contribution is -2.27. The van der Waals surface area contributed by atoms with Crippen molar-refractivity contribution in [3.63, 3.8) is 0 Å². The first-order chi connectivity index (χ1) is 7.86. The van der Waals surface area contributed by atoms with Crippen LogP contribution in [0.1, 0.15) is 53.9 Å². The van der Waals surface area contributed by atoms with Gasteiger partial charge in [-0.05, 0) is 53.0 Å². The van der Waals surface area contributed by atoms with E-state index in [9.17, 15) is 4.79 Å². The van der Waals surface area contributed by atoms with Crippen LogP contribution in [-0.4, -0.2) is 17.5 Å². The average Bonchev–Trinajstić information content (AvgIpc) is 2.53. The first-order valence-corrected chi connectivity index (χ1v) is 6.36. The van der Waals surface area contributed by atoms with E-state index in [1.807, 2.05) is 13.8 Å². The Bertz CT molecular complexity index is 348. The van der Waals surface area contributed by atoms with Gasteiger partial charge in [-0.2, -0.15) is 0 Å². The third-order valence-electron chi connectivity index (χ3n) is 3.48. The first kappa shape index (κ1) is 14.2. The van der Waals surface area contributed by atoms with E-state index in [0.29, 0.717) is 6.42 Å². The molecule has 0 aliphatic carbocycles. The summed E-state index contributed by atoms with van der Waals surface area (Å²) in [5, 5.41) is 0. The molecule has 0 aromatic rings. The molecule has 0 spiro atoms. The van der Waals surface area contributed by atoms with E-state index in [1.54, 1.807) is 0 Å². The van der Waals surface area contributed by atoms with Gasteiger partial charge in [-0.3, -0.25) is 4.79 Å². The van der Waals surface area contributed by atoms with E-state index in [4.69, 9.17) is 4.74 Å². The summed E-state index contributed by atoms with van der Waals surface area (Å²) < 4.78 is 5.77. The largest absolute Gasteiger partial charge is 0.360 e. The minimum absolute atomic E-state index is 0.0107. The van der Waals surface area contributed by atoms with Crippen molar-refractivity contribution in [3.05, 3.63) is 23.3 Å². The Hall–Kier alpha value is -0.890. The molecule has 0 aromatic carbocycles. The van der Waals surface area contributed by atoms with Crippen LogP contribution in [0.4, 0.5) is 0 Å². The van der Waals surface area contributed by atoms with E-state index in [2.05, 4.69) is 32.9 Å². The lowest BCUT2D eigenvalue weighted by Gasteiger charge is -2.18. The Morgan fingerprint density at radius 1 is 1.47 bits per heavy atom. The van der Waals surface area contributed by atoms with E-state index in [-0.39, 0.29) is 11.9 Å². The van der Waals surface area contributed by atoms with Crippen LogP contribution in [0.2, 0.25) is 0 Å². The van der Waals surface area contributed by atoms with Crippen molar-refractivity contribution in [3.8, 4) is 0 Å². The Kier molecular flexibility index (Phi) is 4.70. The van der Waals surface area contributed by atoms with Gasteiger partial charge in [0.15, 0.2) is 5.78 Å². The zero-order valence-corrected chi connectivity index (χ0v) is 11.7. The van der Waals surface area contributed by atoms with Gasteiger partial charge >= 0.3 is 0 Å². The van der Waals surface area contributed by atoms with E-state index >= 15 is 0 Å². The third kappa shape index (κ3) is 3.81. The molecule has 1 saturated heterocycles. The second-order valence-corrected chi connectivity index (χ2v) is 5.37. The minimum Gasteiger partial charge on any atom is -0.360 e. The second-order valence-electron chi connectivity index (χ2n) is 5.37. The van der Waals surface area contributed by atoms with Crippen LogP contribution < -0.4 is 0 Å². The normalized spacial score (nSPS) is 25.5. The number of hydrogen-bond donors (Lipinski definition) is 0. The predicted octanol–water partition coefficient (Wildman–Crippen LogP) is 3.82. The summed E-state index contributed by atoms with van der Waals surface area (Å²) in [6, 6.07) is 0. The van der Waals surface area contributed by atoms with E-state index in [0.717, 1.165) is 12.8 Å². The molecule has 17 heavy (non-hydrogen) atoms. The molecule has 2 nitrogen and oxygen atoms in total. The molecule has 0 N–H and O–H groups in total. The zero-order valence-electron chi connectivity index (χ0n) is 11.7. The van der Waals surface area contributed by atoms with Gasteiger partial charge in [0.1, 0.15) is 5.60 Å². The molecule has 1 heterocycles. The van der Waals surface area contributed by atoms with Crippen LogP contribution in [-0.2, 0) is 9.53 Å². The summed E-state index contributed by atoms with van der Waals surface area (Å²) in [4.78, 5) is 11.7. The Labute approximate surface area is 105 Å². The second kappa shape index (κ2) is 5.63. The summed E-state index contributed by atoms with van der Waals surface area (Å²) in [6.07, 6.45) is 6.96. The molecule has 0 bridgehead atoms. The van der Waals surface area contributed by atoms with Crippen LogP contribution >= 0.6 is 0 Å². The third-order valence-corrected chi connectivity index (χ3v) is 3.48. The number of ether oxygens (including phenoxy) is 1. The van der Waals surface area contributed by atoms with Gasteiger partial charge in [-0.15, -0.1) is 0 Å². The first-order valence-electron chi connectivity index (χ1n) is 6.36. The Morgan fingerprint density at radius 3 is 2.59 bits per heavy atom. The maximum absolute atomic E-state index is 11.7.